The Morgan fingerprint density at radius 3 is 2.27 bits per heavy atom. The summed E-state index contributed by atoms with van der Waals surface area (Å²) in [5, 5.41) is 2.42. The molecule has 1 aromatic heterocycles. The van der Waals surface area contributed by atoms with Crippen molar-refractivity contribution in [2.45, 2.75) is 0 Å². The third kappa shape index (κ3) is 2.17. The van der Waals surface area contributed by atoms with E-state index < -0.39 is 6.04 Å². The fraction of sp³-hybridized carbons (Fsp3) is 0.0833. The minimum atomic E-state index is -1.63. The molecule has 0 radical (unpaired) electrons. The first-order valence-corrected chi connectivity index (χ1v) is 8.00. The van der Waals surface area contributed by atoms with Gasteiger partial charge in [0.15, 0.2) is 0 Å². The second-order valence-corrected chi connectivity index (χ2v) is 8.54. The maximum atomic E-state index is 5.75. The van der Waals surface area contributed by atoms with E-state index in [0.29, 0.717) is 0 Å². The second-order valence-electron chi connectivity index (χ2n) is 3.47. The van der Waals surface area contributed by atoms with Gasteiger partial charge in [-0.1, -0.05) is 48.2 Å². The van der Waals surface area contributed by atoms with E-state index in [0.717, 1.165) is 0 Å². The molecule has 2 aromatic rings. The van der Waals surface area contributed by atoms with E-state index >= 15 is 0 Å². The van der Waals surface area contributed by atoms with Crippen LogP contribution in [-0.2, 0) is 11.8 Å². The van der Waals surface area contributed by atoms with E-state index in [1.54, 1.807) is 6.20 Å². The molecule has 0 saturated heterocycles. The first kappa shape index (κ1) is 10.5. The van der Waals surface area contributed by atoms with Gasteiger partial charge in [-0.25, -0.2) is 0 Å². The Morgan fingerprint density at radius 1 is 1.00 bits per heavy atom. The van der Waals surface area contributed by atoms with Gasteiger partial charge in [0, 0.05) is 23.7 Å². The van der Waals surface area contributed by atoms with E-state index in [2.05, 4.69) is 29.8 Å². The van der Waals surface area contributed by atoms with Gasteiger partial charge in [-0.05, 0) is 18.0 Å². The summed E-state index contributed by atoms with van der Waals surface area (Å²) in [6.45, 7) is 2.15. The molecule has 1 aromatic carbocycles. The van der Waals surface area contributed by atoms with Crippen LogP contribution in [-0.4, -0.2) is 11.6 Å². The summed E-state index contributed by atoms with van der Waals surface area (Å²) in [7, 11) is 0. The van der Waals surface area contributed by atoms with Gasteiger partial charge in [0.2, 0.25) is 0 Å². The van der Waals surface area contributed by atoms with E-state index in [1.165, 1.54) is 10.6 Å². The Hall–Kier alpha value is -0.980. The molecule has 15 heavy (non-hydrogen) atoms. The summed E-state index contributed by atoms with van der Waals surface area (Å²) in [6.07, 6.45) is 3.66. The minimum absolute atomic E-state index is 1.17. The summed E-state index contributed by atoms with van der Waals surface area (Å²) < 4.78 is 0. The first-order valence-electron chi connectivity index (χ1n) is 4.75. The number of rotatable bonds is 2. The van der Waals surface area contributed by atoms with Gasteiger partial charge in [0.25, 0.3) is 0 Å². The number of hydrogen-bond donors (Lipinski definition) is 0. The monoisotopic (exact) mass is 233 g/mol. The lowest BCUT2D eigenvalue weighted by Gasteiger charge is -2.16. The highest BCUT2D eigenvalue weighted by atomic mass is 32.4. The highest BCUT2D eigenvalue weighted by molar-refractivity contribution is 8.21. The largest absolute Gasteiger partial charge is 0.264 e. The molecule has 3 heteroatoms. The zero-order valence-electron chi connectivity index (χ0n) is 8.50. The molecule has 0 amide bonds. The van der Waals surface area contributed by atoms with Crippen LogP contribution < -0.4 is 10.6 Å². The Balaban J connectivity index is 2.50. The third-order valence-corrected chi connectivity index (χ3v) is 6.19. The molecule has 0 aliphatic carbocycles. The maximum Gasteiger partial charge on any atom is 0.0355 e. The Kier molecular flexibility index (Phi) is 2.99. The lowest BCUT2D eigenvalue weighted by Crippen LogP contribution is -2.14. The lowest BCUT2D eigenvalue weighted by molar-refractivity contribution is 1.35. The first-order chi connectivity index (χ1) is 7.21. The fourth-order valence-corrected chi connectivity index (χ4v) is 3.85. The average Bonchev–Trinajstić information content (AvgIpc) is 2.31. The fourth-order valence-electron chi connectivity index (χ4n) is 1.47. The average molecular weight is 233 g/mol. The standard InChI is InChI=1S/C12H12NPS/c1-14(15,11-6-3-2-4-7-11)12-8-5-9-13-10-12/h2-10H,1H3. The SMILES string of the molecule is CP(=S)(c1ccccc1)c1cccnc1. The maximum absolute atomic E-state index is 5.75. The quantitative estimate of drug-likeness (QED) is 0.737. The van der Waals surface area contributed by atoms with Crippen LogP contribution >= 0.6 is 6.04 Å². The molecule has 2 rings (SSSR count). The number of pyridine rings is 1. The van der Waals surface area contributed by atoms with E-state index in [4.69, 9.17) is 11.8 Å². The van der Waals surface area contributed by atoms with Gasteiger partial charge >= 0.3 is 0 Å². The molecular weight excluding hydrogens is 221 g/mol. The Bertz CT molecular complexity index is 438. The lowest BCUT2D eigenvalue weighted by atomic mass is 10.4. The molecule has 0 fully saturated rings. The van der Waals surface area contributed by atoms with Gasteiger partial charge in [0.1, 0.15) is 0 Å². The molecular formula is C12H12NPS. The molecule has 0 aliphatic heterocycles. The van der Waals surface area contributed by atoms with E-state index in [9.17, 15) is 0 Å². The van der Waals surface area contributed by atoms with Crippen molar-refractivity contribution in [2.75, 3.05) is 6.66 Å². The van der Waals surface area contributed by atoms with Crippen LogP contribution in [0.25, 0.3) is 0 Å². The van der Waals surface area contributed by atoms with Crippen LogP contribution in [0.15, 0.2) is 54.9 Å². The highest BCUT2D eigenvalue weighted by Crippen LogP contribution is 2.38. The summed E-state index contributed by atoms with van der Waals surface area (Å²) in [5.41, 5.74) is 0. The van der Waals surface area contributed by atoms with Gasteiger partial charge in [0.05, 0.1) is 0 Å². The molecule has 0 bridgehead atoms. The second kappa shape index (κ2) is 4.26. The highest BCUT2D eigenvalue weighted by Gasteiger charge is 2.15. The van der Waals surface area contributed by atoms with Crippen molar-refractivity contribution in [1.29, 1.82) is 0 Å². The van der Waals surface area contributed by atoms with Gasteiger partial charge in [-0.15, -0.1) is 0 Å². The Morgan fingerprint density at radius 2 is 1.67 bits per heavy atom. The number of hydrogen-bond acceptors (Lipinski definition) is 2. The molecule has 1 atom stereocenters. The van der Waals surface area contributed by atoms with Gasteiger partial charge in [-0.2, -0.15) is 0 Å². The Labute approximate surface area is 95.2 Å². The van der Waals surface area contributed by atoms with Crippen LogP contribution in [0.2, 0.25) is 0 Å². The van der Waals surface area contributed by atoms with Crippen molar-refractivity contribution < 1.29 is 0 Å². The van der Waals surface area contributed by atoms with E-state index in [-0.39, 0.29) is 0 Å². The van der Waals surface area contributed by atoms with Crippen molar-refractivity contribution in [3.8, 4) is 0 Å². The molecule has 1 heterocycles. The van der Waals surface area contributed by atoms with Crippen LogP contribution in [0.5, 0.6) is 0 Å². The molecule has 1 nitrogen and oxygen atoms in total. The van der Waals surface area contributed by atoms with Crippen molar-refractivity contribution in [1.82, 2.24) is 4.98 Å². The van der Waals surface area contributed by atoms with Gasteiger partial charge in [-0.3, -0.25) is 4.98 Å². The predicted molar refractivity (Wildman–Crippen MR) is 70.2 cm³/mol. The normalized spacial score (nSPS) is 14.5. The van der Waals surface area contributed by atoms with Gasteiger partial charge < -0.3 is 0 Å². The number of nitrogens with zero attached hydrogens (tertiary/aromatic N) is 1. The molecule has 0 aliphatic rings. The predicted octanol–water partition coefficient (Wildman–Crippen LogP) is 2.14. The summed E-state index contributed by atoms with van der Waals surface area (Å²) in [6, 6.07) is 12.7. The van der Waals surface area contributed by atoms with Crippen molar-refractivity contribution in [3.05, 3.63) is 54.9 Å². The molecule has 0 spiro atoms. The molecule has 0 N–H and O–H groups in total. The van der Waals surface area contributed by atoms with Crippen LogP contribution in [0.4, 0.5) is 0 Å². The van der Waals surface area contributed by atoms with Crippen molar-refractivity contribution >= 4 is 28.5 Å². The third-order valence-electron chi connectivity index (χ3n) is 2.39. The van der Waals surface area contributed by atoms with Crippen molar-refractivity contribution in [3.63, 3.8) is 0 Å². The zero-order valence-corrected chi connectivity index (χ0v) is 10.2. The van der Waals surface area contributed by atoms with Crippen molar-refractivity contribution in [2.24, 2.45) is 0 Å². The zero-order chi connectivity index (χ0) is 10.7. The topological polar surface area (TPSA) is 12.9 Å². The number of benzene rings is 1. The molecule has 76 valence electrons. The van der Waals surface area contributed by atoms with E-state index in [1.807, 2.05) is 30.5 Å². The summed E-state index contributed by atoms with van der Waals surface area (Å²) >= 11 is 5.75. The minimum Gasteiger partial charge on any atom is -0.264 e. The van der Waals surface area contributed by atoms with Crippen LogP contribution in [0.1, 0.15) is 0 Å². The van der Waals surface area contributed by atoms with Crippen LogP contribution in [0, 0.1) is 0 Å². The number of aromatic nitrogens is 1. The molecule has 1 unspecified atom stereocenters. The smallest absolute Gasteiger partial charge is 0.0355 e. The summed E-state index contributed by atoms with van der Waals surface area (Å²) in [4.78, 5) is 4.14. The molecule has 0 saturated carbocycles. The summed E-state index contributed by atoms with van der Waals surface area (Å²) in [5.74, 6) is 0. The van der Waals surface area contributed by atoms with Crippen LogP contribution in [0.3, 0.4) is 0 Å².